The van der Waals surface area contributed by atoms with E-state index in [4.69, 9.17) is 0 Å². The molecule has 0 saturated heterocycles. The van der Waals surface area contributed by atoms with E-state index < -0.39 is 0 Å². The minimum absolute atomic E-state index is 0.0693. The van der Waals surface area contributed by atoms with E-state index in [2.05, 4.69) is 23.2 Å². The Bertz CT molecular complexity index is 835. The highest BCUT2D eigenvalue weighted by Gasteiger charge is 2.18. The van der Waals surface area contributed by atoms with Crippen LogP contribution >= 0.6 is 0 Å². The highest BCUT2D eigenvalue weighted by Crippen LogP contribution is 2.19. The van der Waals surface area contributed by atoms with E-state index >= 15 is 0 Å². The number of nitrogens with zero attached hydrogens (tertiary/aromatic N) is 2. The summed E-state index contributed by atoms with van der Waals surface area (Å²) in [7, 11) is 1.81. The minimum atomic E-state index is -0.0693. The fraction of sp³-hybridized carbons (Fsp3) is 0.222. The van der Waals surface area contributed by atoms with Crippen LogP contribution in [0.3, 0.4) is 0 Å². The number of nitrogens with one attached hydrogen (secondary N) is 1. The van der Waals surface area contributed by atoms with Crippen molar-refractivity contribution >= 4 is 16.8 Å². The summed E-state index contributed by atoms with van der Waals surface area (Å²) >= 11 is 0. The van der Waals surface area contributed by atoms with Crippen LogP contribution in [0.5, 0.6) is 0 Å². The van der Waals surface area contributed by atoms with Crippen molar-refractivity contribution in [3.63, 3.8) is 0 Å². The van der Waals surface area contributed by atoms with Gasteiger partial charge < -0.3 is 4.90 Å². The third-order valence-electron chi connectivity index (χ3n) is 3.94. The summed E-state index contributed by atoms with van der Waals surface area (Å²) in [6.45, 7) is 4.64. The van der Waals surface area contributed by atoms with Gasteiger partial charge in [-0.3, -0.25) is 9.89 Å². The molecule has 0 spiro atoms. The van der Waals surface area contributed by atoms with Crippen molar-refractivity contribution in [3.05, 3.63) is 64.8 Å². The van der Waals surface area contributed by atoms with Gasteiger partial charge in [0.2, 0.25) is 0 Å². The van der Waals surface area contributed by atoms with E-state index in [0.717, 1.165) is 22.0 Å². The lowest BCUT2D eigenvalue weighted by atomic mass is 10.1. The van der Waals surface area contributed by atoms with Gasteiger partial charge in [0.1, 0.15) is 0 Å². The zero-order valence-electron chi connectivity index (χ0n) is 13.1. The molecular weight excluding hydrogens is 274 g/mol. The lowest BCUT2D eigenvalue weighted by molar-refractivity contribution is 0.0781. The molecule has 0 unspecified atom stereocenters. The Labute approximate surface area is 129 Å². The van der Waals surface area contributed by atoms with Crippen molar-refractivity contribution in [2.75, 3.05) is 7.05 Å². The van der Waals surface area contributed by atoms with Crippen LogP contribution in [-0.2, 0) is 6.54 Å². The zero-order valence-corrected chi connectivity index (χ0v) is 13.1. The molecule has 1 N–H and O–H groups in total. The average molecular weight is 293 g/mol. The van der Waals surface area contributed by atoms with Crippen molar-refractivity contribution in [1.29, 1.82) is 0 Å². The molecule has 1 amide bonds. The molecule has 0 aliphatic rings. The van der Waals surface area contributed by atoms with Gasteiger partial charge in [0.05, 0.1) is 5.52 Å². The third kappa shape index (κ3) is 2.60. The Balaban J connectivity index is 1.89. The predicted octanol–water partition coefficient (Wildman–Crippen LogP) is 3.45. The fourth-order valence-electron chi connectivity index (χ4n) is 2.59. The van der Waals surface area contributed by atoms with Crippen LogP contribution in [0.2, 0.25) is 0 Å². The normalized spacial score (nSPS) is 10.9. The molecule has 1 aromatic heterocycles. The number of fused-ring (bicyclic) bond motifs is 1. The number of carbonyl (C=O) groups excluding carboxylic acids is 1. The molecule has 112 valence electrons. The molecule has 0 bridgehead atoms. The molecule has 3 rings (SSSR count). The first-order chi connectivity index (χ1) is 10.6. The fourth-order valence-corrected chi connectivity index (χ4v) is 2.59. The number of H-pyrrole nitrogens is 1. The molecule has 0 saturated carbocycles. The summed E-state index contributed by atoms with van der Waals surface area (Å²) in [5.74, 6) is -0.0693. The topological polar surface area (TPSA) is 49.0 Å². The van der Waals surface area contributed by atoms with Crippen molar-refractivity contribution in [3.8, 4) is 0 Å². The standard InChI is InChI=1S/C18H19N3O/c1-12-8-9-16-15(10-12)17(20-19-16)18(22)21(3)11-14-7-5-4-6-13(14)2/h4-10H,11H2,1-3H3,(H,19,20). The predicted molar refractivity (Wildman–Crippen MR) is 87.8 cm³/mol. The smallest absolute Gasteiger partial charge is 0.275 e. The lowest BCUT2D eigenvalue weighted by Crippen LogP contribution is -2.27. The molecular formula is C18H19N3O. The summed E-state index contributed by atoms with van der Waals surface area (Å²) in [6.07, 6.45) is 0. The maximum atomic E-state index is 12.7. The Morgan fingerprint density at radius 1 is 1.18 bits per heavy atom. The van der Waals surface area contributed by atoms with Gasteiger partial charge in [-0.2, -0.15) is 5.10 Å². The summed E-state index contributed by atoms with van der Waals surface area (Å²) in [5, 5.41) is 8.01. The third-order valence-corrected chi connectivity index (χ3v) is 3.94. The number of rotatable bonds is 3. The molecule has 2 aromatic carbocycles. The van der Waals surface area contributed by atoms with Crippen LogP contribution in [0.4, 0.5) is 0 Å². The van der Waals surface area contributed by atoms with Crippen molar-refractivity contribution in [2.24, 2.45) is 0 Å². The second kappa shape index (κ2) is 5.64. The van der Waals surface area contributed by atoms with E-state index in [0.29, 0.717) is 12.2 Å². The summed E-state index contributed by atoms with van der Waals surface area (Å²) in [4.78, 5) is 14.4. The summed E-state index contributed by atoms with van der Waals surface area (Å²) < 4.78 is 0. The Kier molecular flexibility index (Phi) is 3.67. The van der Waals surface area contributed by atoms with Gasteiger partial charge >= 0.3 is 0 Å². The molecule has 4 nitrogen and oxygen atoms in total. The second-order valence-electron chi connectivity index (χ2n) is 5.71. The van der Waals surface area contributed by atoms with Crippen LogP contribution in [0, 0.1) is 13.8 Å². The molecule has 0 atom stereocenters. The van der Waals surface area contributed by atoms with Gasteiger partial charge in [0.25, 0.3) is 5.91 Å². The van der Waals surface area contributed by atoms with E-state index in [9.17, 15) is 4.79 Å². The number of aromatic amines is 1. The molecule has 1 heterocycles. The first-order valence-corrected chi connectivity index (χ1v) is 7.31. The van der Waals surface area contributed by atoms with Crippen molar-refractivity contribution < 1.29 is 4.79 Å². The summed E-state index contributed by atoms with van der Waals surface area (Å²) in [5.41, 5.74) is 4.82. The average Bonchev–Trinajstić information content (AvgIpc) is 2.91. The minimum Gasteiger partial charge on any atom is -0.336 e. The highest BCUT2D eigenvalue weighted by molar-refractivity contribution is 6.04. The largest absolute Gasteiger partial charge is 0.336 e. The van der Waals surface area contributed by atoms with Gasteiger partial charge in [-0.25, -0.2) is 0 Å². The van der Waals surface area contributed by atoms with Gasteiger partial charge in [0.15, 0.2) is 5.69 Å². The molecule has 3 aromatic rings. The molecule has 4 heteroatoms. The van der Waals surface area contributed by atoms with E-state index in [1.54, 1.807) is 4.90 Å². The molecule has 0 aliphatic heterocycles. The zero-order chi connectivity index (χ0) is 15.7. The van der Waals surface area contributed by atoms with Crippen LogP contribution in [-0.4, -0.2) is 28.1 Å². The number of carbonyl (C=O) groups is 1. The highest BCUT2D eigenvalue weighted by atomic mass is 16.2. The quantitative estimate of drug-likeness (QED) is 0.804. The number of hydrogen-bond acceptors (Lipinski definition) is 2. The van der Waals surface area contributed by atoms with Gasteiger partial charge in [0, 0.05) is 19.0 Å². The molecule has 0 radical (unpaired) electrons. The van der Waals surface area contributed by atoms with Crippen LogP contribution in [0.25, 0.3) is 10.9 Å². The Hall–Kier alpha value is -2.62. The Morgan fingerprint density at radius 2 is 1.95 bits per heavy atom. The van der Waals surface area contributed by atoms with Gasteiger partial charge in [-0.05, 0) is 37.1 Å². The molecule has 0 aliphatic carbocycles. The van der Waals surface area contributed by atoms with E-state index in [-0.39, 0.29) is 5.91 Å². The lowest BCUT2D eigenvalue weighted by Gasteiger charge is -2.17. The van der Waals surface area contributed by atoms with Gasteiger partial charge in [-0.1, -0.05) is 35.9 Å². The van der Waals surface area contributed by atoms with Crippen LogP contribution in [0.1, 0.15) is 27.2 Å². The number of amides is 1. The van der Waals surface area contributed by atoms with Crippen LogP contribution in [0.15, 0.2) is 42.5 Å². The maximum Gasteiger partial charge on any atom is 0.275 e. The number of aryl methyl sites for hydroxylation is 2. The first kappa shape index (κ1) is 14.3. The molecule has 22 heavy (non-hydrogen) atoms. The second-order valence-corrected chi connectivity index (χ2v) is 5.71. The SMILES string of the molecule is Cc1ccc2[nH]nc(C(=O)N(C)Cc3ccccc3C)c2c1. The van der Waals surface area contributed by atoms with E-state index in [1.807, 2.05) is 50.4 Å². The van der Waals surface area contributed by atoms with Crippen molar-refractivity contribution in [2.45, 2.75) is 20.4 Å². The maximum absolute atomic E-state index is 12.7. The summed E-state index contributed by atoms with van der Waals surface area (Å²) in [6, 6.07) is 14.1. The number of benzene rings is 2. The number of aromatic nitrogens is 2. The van der Waals surface area contributed by atoms with E-state index in [1.165, 1.54) is 5.56 Å². The van der Waals surface area contributed by atoms with Gasteiger partial charge in [-0.15, -0.1) is 0 Å². The van der Waals surface area contributed by atoms with Crippen molar-refractivity contribution in [1.82, 2.24) is 15.1 Å². The van der Waals surface area contributed by atoms with Crippen LogP contribution < -0.4 is 0 Å². The molecule has 0 fully saturated rings. The number of hydrogen-bond donors (Lipinski definition) is 1. The Morgan fingerprint density at radius 3 is 2.73 bits per heavy atom. The monoisotopic (exact) mass is 293 g/mol. The first-order valence-electron chi connectivity index (χ1n) is 7.31.